The Balaban J connectivity index is 1.80. The van der Waals surface area contributed by atoms with Crippen LogP contribution in [-0.4, -0.2) is 28.6 Å². The average molecular weight is 271 g/mol. The van der Waals surface area contributed by atoms with Crippen molar-refractivity contribution in [2.45, 2.75) is 25.9 Å². The second-order valence-electron chi connectivity index (χ2n) is 5.45. The molecule has 0 aliphatic carbocycles. The summed E-state index contributed by atoms with van der Waals surface area (Å²) in [5.74, 6) is 0. The first kappa shape index (κ1) is 13.1. The van der Waals surface area contributed by atoms with Crippen LogP contribution in [0.15, 0.2) is 24.4 Å². The minimum Gasteiger partial charge on any atom is -0.365 e. The molecular formula is C15H21N5. The number of rotatable bonds is 4. The Labute approximate surface area is 119 Å². The van der Waals surface area contributed by atoms with Gasteiger partial charge in [0.2, 0.25) is 0 Å². The Kier molecular flexibility index (Phi) is 3.44. The van der Waals surface area contributed by atoms with E-state index in [1.807, 2.05) is 20.3 Å². The van der Waals surface area contributed by atoms with Gasteiger partial charge in [0, 0.05) is 31.5 Å². The minimum absolute atomic E-state index is 0.398. The molecule has 20 heavy (non-hydrogen) atoms. The summed E-state index contributed by atoms with van der Waals surface area (Å²) in [5.41, 5.74) is 5.15. The highest BCUT2D eigenvalue weighted by Gasteiger charge is 2.20. The Morgan fingerprint density at radius 1 is 1.40 bits per heavy atom. The highest BCUT2D eigenvalue weighted by Crippen LogP contribution is 2.31. The lowest BCUT2D eigenvalue weighted by Gasteiger charge is -2.19. The fraction of sp³-hybridized carbons (Fsp3) is 0.467. The largest absolute Gasteiger partial charge is 0.365 e. The summed E-state index contributed by atoms with van der Waals surface area (Å²) in [6, 6.07) is 7.18. The number of nitrogens with zero attached hydrogens (tertiary/aromatic N) is 4. The van der Waals surface area contributed by atoms with Crippen molar-refractivity contribution in [3.05, 3.63) is 41.2 Å². The lowest BCUT2D eigenvalue weighted by molar-refractivity contribution is 0.652. The number of fused-ring (bicyclic) bond motifs is 1. The third kappa shape index (κ3) is 2.41. The fourth-order valence-electron chi connectivity index (χ4n) is 2.75. The number of benzene rings is 1. The molecule has 1 aliphatic heterocycles. The second kappa shape index (κ2) is 5.25. The van der Waals surface area contributed by atoms with Crippen molar-refractivity contribution >= 4 is 5.69 Å². The number of nitrogens with one attached hydrogen (secondary N) is 1. The van der Waals surface area contributed by atoms with Gasteiger partial charge in [0.1, 0.15) is 5.69 Å². The monoisotopic (exact) mass is 271 g/mol. The molecule has 0 saturated carbocycles. The van der Waals surface area contributed by atoms with Gasteiger partial charge >= 0.3 is 0 Å². The van der Waals surface area contributed by atoms with Crippen LogP contribution in [0, 0.1) is 0 Å². The first-order valence-electron chi connectivity index (χ1n) is 7.07. The van der Waals surface area contributed by atoms with Crippen molar-refractivity contribution in [1.29, 1.82) is 0 Å². The van der Waals surface area contributed by atoms with E-state index in [2.05, 4.69) is 45.7 Å². The van der Waals surface area contributed by atoms with Gasteiger partial charge in [-0.3, -0.25) is 4.68 Å². The highest BCUT2D eigenvalue weighted by molar-refractivity contribution is 5.59. The number of aryl methyl sites for hydroxylation is 1. The number of anilines is 1. The third-order valence-electron chi connectivity index (χ3n) is 4.03. The molecule has 5 heteroatoms. The smallest absolute Gasteiger partial charge is 0.102 e. The van der Waals surface area contributed by atoms with Gasteiger partial charge in [0.15, 0.2) is 0 Å². The van der Waals surface area contributed by atoms with Crippen LogP contribution in [0.25, 0.3) is 0 Å². The maximum atomic E-state index is 4.17. The zero-order valence-corrected chi connectivity index (χ0v) is 12.3. The number of hydrogen-bond acceptors (Lipinski definition) is 4. The first-order chi connectivity index (χ1) is 9.67. The van der Waals surface area contributed by atoms with Crippen molar-refractivity contribution in [2.75, 3.05) is 18.5 Å². The molecule has 0 spiro atoms. The topological polar surface area (TPSA) is 46.0 Å². The van der Waals surface area contributed by atoms with E-state index < -0.39 is 0 Å². The van der Waals surface area contributed by atoms with Crippen molar-refractivity contribution in [1.82, 2.24) is 20.3 Å². The maximum Gasteiger partial charge on any atom is 0.102 e. The van der Waals surface area contributed by atoms with Crippen molar-refractivity contribution in [3.63, 3.8) is 0 Å². The molecule has 0 saturated heterocycles. The number of aromatic nitrogens is 3. The minimum atomic E-state index is 0.398. The summed E-state index contributed by atoms with van der Waals surface area (Å²) in [4.78, 5) is 2.38. The Hall–Kier alpha value is -1.88. The molecule has 1 atom stereocenters. The van der Waals surface area contributed by atoms with Gasteiger partial charge in [-0.05, 0) is 37.6 Å². The second-order valence-corrected chi connectivity index (χ2v) is 5.45. The van der Waals surface area contributed by atoms with Crippen LogP contribution in [0.1, 0.15) is 29.8 Å². The SMILES string of the molecule is CNC(C)c1ccc2c(c1)CCN2Cc1cn(C)nn1. The molecule has 2 heterocycles. The molecule has 5 nitrogen and oxygen atoms in total. The van der Waals surface area contributed by atoms with Crippen LogP contribution < -0.4 is 10.2 Å². The van der Waals surface area contributed by atoms with Crippen LogP contribution in [0.2, 0.25) is 0 Å². The molecule has 0 radical (unpaired) electrons. The third-order valence-corrected chi connectivity index (χ3v) is 4.03. The molecule has 0 fully saturated rings. The molecule has 1 aromatic carbocycles. The molecule has 1 unspecified atom stereocenters. The van der Waals surface area contributed by atoms with E-state index in [9.17, 15) is 0 Å². The zero-order valence-electron chi connectivity index (χ0n) is 12.3. The van der Waals surface area contributed by atoms with E-state index in [4.69, 9.17) is 0 Å². The fourth-order valence-corrected chi connectivity index (χ4v) is 2.75. The van der Waals surface area contributed by atoms with Gasteiger partial charge in [0.25, 0.3) is 0 Å². The quantitative estimate of drug-likeness (QED) is 0.918. The molecule has 0 amide bonds. The molecule has 3 rings (SSSR count). The Morgan fingerprint density at radius 2 is 2.25 bits per heavy atom. The summed E-state index contributed by atoms with van der Waals surface area (Å²) in [7, 11) is 3.90. The van der Waals surface area contributed by atoms with Crippen molar-refractivity contribution in [3.8, 4) is 0 Å². The molecule has 1 N–H and O–H groups in total. The van der Waals surface area contributed by atoms with E-state index in [0.29, 0.717) is 6.04 Å². The number of hydrogen-bond donors (Lipinski definition) is 1. The van der Waals surface area contributed by atoms with Crippen molar-refractivity contribution < 1.29 is 0 Å². The van der Waals surface area contributed by atoms with Gasteiger partial charge in [0.05, 0.1) is 6.54 Å². The van der Waals surface area contributed by atoms with Crippen LogP contribution in [0.3, 0.4) is 0 Å². The van der Waals surface area contributed by atoms with E-state index in [1.54, 1.807) is 4.68 Å². The van der Waals surface area contributed by atoms with Gasteiger partial charge in [-0.2, -0.15) is 0 Å². The Bertz CT molecular complexity index is 604. The highest BCUT2D eigenvalue weighted by atomic mass is 15.4. The molecule has 1 aromatic heterocycles. The molecular weight excluding hydrogens is 250 g/mol. The normalized spacial score (nSPS) is 15.4. The standard InChI is InChI=1S/C15H21N5/c1-11(16-2)12-4-5-15-13(8-12)6-7-20(15)10-14-9-19(3)18-17-14/h4-5,8-9,11,16H,6-7,10H2,1-3H3. The lowest BCUT2D eigenvalue weighted by Crippen LogP contribution is -2.20. The van der Waals surface area contributed by atoms with Crippen LogP contribution in [0.4, 0.5) is 5.69 Å². The average Bonchev–Trinajstić information content (AvgIpc) is 3.05. The summed E-state index contributed by atoms with van der Waals surface area (Å²) >= 11 is 0. The molecule has 0 bridgehead atoms. The summed E-state index contributed by atoms with van der Waals surface area (Å²) in [6.07, 6.45) is 3.09. The summed E-state index contributed by atoms with van der Waals surface area (Å²) in [6.45, 7) is 4.08. The lowest BCUT2D eigenvalue weighted by atomic mass is 10.0. The van der Waals surface area contributed by atoms with Crippen molar-refractivity contribution in [2.24, 2.45) is 7.05 Å². The van der Waals surface area contributed by atoms with E-state index in [-0.39, 0.29) is 0 Å². The predicted molar refractivity (Wildman–Crippen MR) is 79.7 cm³/mol. The predicted octanol–water partition coefficient (Wildman–Crippen LogP) is 1.66. The van der Waals surface area contributed by atoms with Gasteiger partial charge in [-0.15, -0.1) is 5.10 Å². The Morgan fingerprint density at radius 3 is 2.95 bits per heavy atom. The molecule has 106 valence electrons. The van der Waals surface area contributed by atoms with Gasteiger partial charge < -0.3 is 10.2 Å². The van der Waals surface area contributed by atoms with Crippen LogP contribution in [0.5, 0.6) is 0 Å². The van der Waals surface area contributed by atoms with Gasteiger partial charge in [-0.25, -0.2) is 0 Å². The summed E-state index contributed by atoms with van der Waals surface area (Å²) < 4.78 is 1.75. The molecule has 2 aromatic rings. The summed E-state index contributed by atoms with van der Waals surface area (Å²) in [5, 5.41) is 11.5. The van der Waals surface area contributed by atoms with E-state index in [0.717, 1.165) is 25.2 Å². The van der Waals surface area contributed by atoms with E-state index >= 15 is 0 Å². The van der Waals surface area contributed by atoms with E-state index in [1.165, 1.54) is 16.8 Å². The molecule has 1 aliphatic rings. The maximum absolute atomic E-state index is 4.17. The van der Waals surface area contributed by atoms with Gasteiger partial charge in [-0.1, -0.05) is 17.3 Å². The van der Waals surface area contributed by atoms with Crippen LogP contribution in [-0.2, 0) is 20.0 Å². The first-order valence-corrected chi connectivity index (χ1v) is 7.07. The zero-order chi connectivity index (χ0) is 14.1. The van der Waals surface area contributed by atoms with Crippen LogP contribution >= 0.6 is 0 Å².